The van der Waals surface area contributed by atoms with Crippen LogP contribution in [0.3, 0.4) is 0 Å². The van der Waals surface area contributed by atoms with Gasteiger partial charge in [-0.1, -0.05) is 48.9 Å². The van der Waals surface area contributed by atoms with Gasteiger partial charge < -0.3 is 15.1 Å². The number of carbonyl (C=O) groups is 1. The quantitative estimate of drug-likeness (QED) is 0.598. The van der Waals surface area contributed by atoms with Crippen LogP contribution in [-0.2, 0) is 10.2 Å². The summed E-state index contributed by atoms with van der Waals surface area (Å²) in [4.78, 5) is 10.4. The number of hydrogen-bond acceptors (Lipinski definition) is 4. The molecule has 0 aromatic heterocycles. The van der Waals surface area contributed by atoms with E-state index in [-0.39, 0.29) is 23.7 Å². The number of hydrogen-bond donors (Lipinski definition) is 3. The first-order chi connectivity index (χ1) is 15.1. The lowest BCUT2D eigenvalue weighted by atomic mass is 10.1. The zero-order chi connectivity index (χ0) is 23.5. The molecule has 2 aromatic rings. The van der Waals surface area contributed by atoms with Crippen molar-refractivity contribution in [3.8, 4) is 0 Å². The van der Waals surface area contributed by atoms with E-state index in [2.05, 4.69) is 11.6 Å². The van der Waals surface area contributed by atoms with Gasteiger partial charge in [0.2, 0.25) is 0 Å². The van der Waals surface area contributed by atoms with Crippen molar-refractivity contribution in [3.05, 3.63) is 64.9 Å². The number of nitrogens with zero attached hydrogens (tertiary/aromatic N) is 2. The van der Waals surface area contributed by atoms with Crippen LogP contribution in [0, 0.1) is 11.7 Å². The number of halogens is 2. The monoisotopic (exact) mass is 485 g/mol. The average Bonchev–Trinajstić information content (AvgIpc) is 3.36. The molecule has 32 heavy (non-hydrogen) atoms. The number of carboxylic acid groups (broad SMARTS) is 2. The number of anilines is 1. The second-order valence-electron chi connectivity index (χ2n) is 7.71. The highest BCUT2D eigenvalue weighted by molar-refractivity contribution is 7.87. The Morgan fingerprint density at radius 3 is 2.25 bits per heavy atom. The fraction of sp³-hybridized carbons (Fsp3) is 0.381. The molecule has 0 amide bonds. The molecule has 3 N–H and O–H groups in total. The molecule has 1 aliphatic heterocycles. The van der Waals surface area contributed by atoms with Gasteiger partial charge in [-0.15, -0.1) is 0 Å². The van der Waals surface area contributed by atoms with Crippen LogP contribution in [0.25, 0.3) is 0 Å². The second kappa shape index (κ2) is 10.0. The smallest absolute Gasteiger partial charge is 0.450 e. The first kappa shape index (κ1) is 24.2. The van der Waals surface area contributed by atoms with Gasteiger partial charge in [0.15, 0.2) is 0 Å². The number of piperazine rings is 1. The molecule has 0 radical (unpaired) electrons. The molecule has 1 saturated carbocycles. The predicted octanol–water partition coefficient (Wildman–Crippen LogP) is 3.46. The third-order valence-corrected chi connectivity index (χ3v) is 7.53. The molecule has 1 aliphatic carbocycles. The van der Waals surface area contributed by atoms with E-state index in [1.165, 1.54) is 10.4 Å². The summed E-state index contributed by atoms with van der Waals surface area (Å²) in [5.74, 6) is 0.0847. The van der Waals surface area contributed by atoms with Crippen LogP contribution in [-0.4, -0.2) is 61.3 Å². The van der Waals surface area contributed by atoms with E-state index >= 15 is 0 Å². The van der Waals surface area contributed by atoms with Crippen molar-refractivity contribution in [2.45, 2.75) is 18.9 Å². The van der Waals surface area contributed by atoms with Crippen LogP contribution in [0.1, 0.15) is 18.4 Å². The average molecular weight is 486 g/mol. The zero-order valence-electron chi connectivity index (χ0n) is 17.4. The Hall–Kier alpha value is -2.40. The molecule has 1 heterocycles. The molecule has 2 fully saturated rings. The first-order valence-electron chi connectivity index (χ1n) is 10.0. The molecule has 8 nitrogen and oxygen atoms in total. The molecule has 0 spiro atoms. The van der Waals surface area contributed by atoms with Gasteiger partial charge in [0, 0.05) is 43.2 Å². The fourth-order valence-corrected chi connectivity index (χ4v) is 5.64. The lowest BCUT2D eigenvalue weighted by molar-refractivity contribution is 0.137. The molecule has 3 atom stereocenters. The Bertz CT molecular complexity index is 1040. The standard InChI is InChI=1S/C20H23ClFN3O2S.CH2O3/c1-14-19(15-5-3-2-4-6-15)20(14)23-28(26,27)25-11-9-24(10-12-25)18-8-7-16(21)13-17(18)22;2-1(3)4/h2-8,13-14,19-20,23H,9-12H2,1H3;(H2,2,3,4)/t14-,19-,20+;/m1./s1. The minimum atomic E-state index is -3.57. The minimum Gasteiger partial charge on any atom is -0.450 e. The van der Waals surface area contributed by atoms with Gasteiger partial charge in [-0.05, 0) is 29.7 Å². The van der Waals surface area contributed by atoms with Crippen molar-refractivity contribution in [1.82, 2.24) is 9.03 Å². The molecular weight excluding hydrogens is 461 g/mol. The van der Waals surface area contributed by atoms with Gasteiger partial charge in [0.05, 0.1) is 5.69 Å². The first-order valence-corrected chi connectivity index (χ1v) is 11.9. The van der Waals surface area contributed by atoms with Crippen molar-refractivity contribution in [3.63, 3.8) is 0 Å². The molecular formula is C21H25ClFN3O5S. The lowest BCUT2D eigenvalue weighted by Gasteiger charge is -2.35. The van der Waals surface area contributed by atoms with Crippen LogP contribution >= 0.6 is 11.6 Å². The van der Waals surface area contributed by atoms with E-state index in [1.54, 1.807) is 12.1 Å². The molecule has 4 rings (SSSR count). The summed E-state index contributed by atoms with van der Waals surface area (Å²) in [7, 11) is -3.57. The number of benzene rings is 2. The fourth-order valence-electron chi connectivity index (χ4n) is 3.98. The van der Waals surface area contributed by atoms with E-state index in [0.29, 0.717) is 36.9 Å². The summed E-state index contributed by atoms with van der Waals surface area (Å²) < 4.78 is 44.1. The van der Waals surface area contributed by atoms with Crippen LogP contribution in [0.15, 0.2) is 48.5 Å². The summed E-state index contributed by atoms with van der Waals surface area (Å²) in [6.07, 6.45) is -1.83. The maximum absolute atomic E-state index is 14.1. The van der Waals surface area contributed by atoms with Gasteiger partial charge in [0.25, 0.3) is 10.2 Å². The van der Waals surface area contributed by atoms with Gasteiger partial charge in [-0.25, -0.2) is 9.18 Å². The molecule has 1 saturated heterocycles. The number of nitrogens with one attached hydrogen (secondary N) is 1. The van der Waals surface area contributed by atoms with Crippen molar-refractivity contribution in [1.29, 1.82) is 0 Å². The molecule has 0 unspecified atom stereocenters. The summed E-state index contributed by atoms with van der Waals surface area (Å²) >= 11 is 5.81. The molecule has 2 aromatic carbocycles. The van der Waals surface area contributed by atoms with E-state index in [1.807, 2.05) is 35.2 Å². The highest BCUT2D eigenvalue weighted by atomic mass is 35.5. The Labute approximate surface area is 191 Å². The normalized spacial score (nSPS) is 23.2. The molecule has 2 aliphatic rings. The van der Waals surface area contributed by atoms with Gasteiger partial charge >= 0.3 is 6.16 Å². The maximum Gasteiger partial charge on any atom is 0.503 e. The second-order valence-corrected chi connectivity index (χ2v) is 9.85. The van der Waals surface area contributed by atoms with Crippen molar-refractivity contribution < 1.29 is 27.8 Å². The predicted molar refractivity (Wildman–Crippen MR) is 120 cm³/mol. The van der Waals surface area contributed by atoms with Crippen LogP contribution in [0.4, 0.5) is 14.9 Å². The third kappa shape index (κ3) is 5.89. The van der Waals surface area contributed by atoms with E-state index < -0.39 is 16.4 Å². The molecule has 0 bridgehead atoms. The Morgan fingerprint density at radius 1 is 1.09 bits per heavy atom. The van der Waals surface area contributed by atoms with Gasteiger partial charge in [-0.3, -0.25) is 0 Å². The topological polar surface area (TPSA) is 110 Å². The van der Waals surface area contributed by atoms with E-state index in [0.717, 1.165) is 5.56 Å². The maximum atomic E-state index is 14.1. The highest BCUT2D eigenvalue weighted by Crippen LogP contribution is 2.47. The van der Waals surface area contributed by atoms with Crippen molar-refractivity contribution >= 4 is 33.7 Å². The van der Waals surface area contributed by atoms with Gasteiger partial charge in [-0.2, -0.15) is 17.4 Å². The third-order valence-electron chi connectivity index (χ3n) is 5.68. The van der Waals surface area contributed by atoms with Crippen LogP contribution in [0.5, 0.6) is 0 Å². The van der Waals surface area contributed by atoms with Crippen LogP contribution in [0.2, 0.25) is 5.02 Å². The van der Waals surface area contributed by atoms with Crippen LogP contribution < -0.4 is 9.62 Å². The molecule has 174 valence electrons. The van der Waals surface area contributed by atoms with Crippen molar-refractivity contribution in [2.24, 2.45) is 5.92 Å². The van der Waals surface area contributed by atoms with E-state index in [9.17, 15) is 12.8 Å². The lowest BCUT2D eigenvalue weighted by Crippen LogP contribution is -2.52. The summed E-state index contributed by atoms with van der Waals surface area (Å²) in [6, 6.07) is 14.4. The van der Waals surface area contributed by atoms with Crippen molar-refractivity contribution in [2.75, 3.05) is 31.1 Å². The minimum absolute atomic E-state index is 0.0841. The Morgan fingerprint density at radius 2 is 1.69 bits per heavy atom. The SMILES string of the molecule is C[C@H]1[C@H](NS(=O)(=O)N2CCN(c3ccc(Cl)cc3F)CC2)[C@H]1c1ccccc1.O=C(O)O. The van der Waals surface area contributed by atoms with Gasteiger partial charge in [0.1, 0.15) is 5.82 Å². The summed E-state index contributed by atoms with van der Waals surface area (Å²) in [6.45, 7) is 3.55. The Balaban J connectivity index is 0.000000668. The van der Waals surface area contributed by atoms with E-state index in [4.69, 9.17) is 26.6 Å². The molecule has 11 heteroatoms. The number of rotatable bonds is 5. The summed E-state index contributed by atoms with van der Waals surface area (Å²) in [5.41, 5.74) is 1.61. The Kier molecular flexibility index (Phi) is 7.60. The zero-order valence-corrected chi connectivity index (χ0v) is 18.9. The highest BCUT2D eigenvalue weighted by Gasteiger charge is 2.50. The largest absolute Gasteiger partial charge is 0.503 e. The summed E-state index contributed by atoms with van der Waals surface area (Å²) in [5, 5.41) is 14.3.